The second-order valence-electron chi connectivity index (χ2n) is 4.83. The van der Waals surface area contributed by atoms with Gasteiger partial charge >= 0.3 is 5.69 Å². The molecular weight excluding hydrogens is 248 g/mol. The number of nitrogens with zero attached hydrogens (tertiary/aromatic N) is 1. The van der Waals surface area contributed by atoms with Gasteiger partial charge in [0.15, 0.2) is 0 Å². The number of hydrogen-bond donors (Lipinski definition) is 2. The molecule has 104 valence electrons. The smallest absolute Gasteiger partial charge is 0.330 e. The summed E-state index contributed by atoms with van der Waals surface area (Å²) in [6, 6.07) is 0. The Bertz CT molecular complexity index is 575. The molecule has 6 nitrogen and oxygen atoms in total. The Balaban J connectivity index is 2.38. The molecule has 6 heteroatoms. The van der Waals surface area contributed by atoms with Gasteiger partial charge in [-0.25, -0.2) is 4.79 Å². The normalized spacial score (nSPS) is 26.5. The highest BCUT2D eigenvalue weighted by atomic mass is 16.5. The van der Waals surface area contributed by atoms with Gasteiger partial charge in [0.25, 0.3) is 5.56 Å². The summed E-state index contributed by atoms with van der Waals surface area (Å²) in [5.74, 6) is 0.0673. The molecule has 0 saturated carbocycles. The van der Waals surface area contributed by atoms with Crippen molar-refractivity contribution < 1.29 is 9.84 Å². The number of aliphatic hydroxyl groups is 1. The van der Waals surface area contributed by atoms with Gasteiger partial charge in [0, 0.05) is 17.7 Å². The number of aliphatic hydroxyl groups excluding tert-OH is 1. The molecule has 0 bridgehead atoms. The minimum Gasteiger partial charge on any atom is -0.394 e. The zero-order valence-electron chi connectivity index (χ0n) is 10.8. The highest BCUT2D eigenvalue weighted by Crippen LogP contribution is 2.35. The van der Waals surface area contributed by atoms with Crippen LogP contribution in [0.4, 0.5) is 0 Å². The van der Waals surface area contributed by atoms with Crippen molar-refractivity contribution in [1.29, 1.82) is 0 Å². The molecule has 1 aromatic rings. The van der Waals surface area contributed by atoms with E-state index in [-0.39, 0.29) is 18.6 Å². The van der Waals surface area contributed by atoms with Crippen LogP contribution >= 0.6 is 0 Å². The molecule has 0 unspecified atom stereocenters. The van der Waals surface area contributed by atoms with Crippen molar-refractivity contribution in [3.63, 3.8) is 0 Å². The third kappa shape index (κ3) is 2.69. The third-order valence-corrected chi connectivity index (χ3v) is 3.39. The molecule has 2 rings (SSSR count). The van der Waals surface area contributed by atoms with Crippen molar-refractivity contribution in [3.8, 4) is 0 Å². The van der Waals surface area contributed by atoms with Gasteiger partial charge in [-0.1, -0.05) is 6.08 Å². The molecule has 1 aliphatic heterocycles. The first-order valence-electron chi connectivity index (χ1n) is 6.26. The van der Waals surface area contributed by atoms with Crippen LogP contribution in [0.25, 0.3) is 0 Å². The Morgan fingerprint density at radius 1 is 1.63 bits per heavy atom. The van der Waals surface area contributed by atoms with Crippen molar-refractivity contribution in [1.82, 2.24) is 9.55 Å². The summed E-state index contributed by atoms with van der Waals surface area (Å²) in [6.45, 7) is 5.25. The number of rotatable bonds is 4. The Labute approximate surface area is 110 Å². The van der Waals surface area contributed by atoms with E-state index in [9.17, 15) is 14.7 Å². The summed E-state index contributed by atoms with van der Waals surface area (Å²) >= 11 is 0. The van der Waals surface area contributed by atoms with E-state index in [2.05, 4.69) is 11.6 Å². The lowest BCUT2D eigenvalue weighted by Gasteiger charge is -2.20. The molecule has 0 radical (unpaired) electrons. The first-order chi connectivity index (χ1) is 9.06. The SMILES string of the molecule is C=CC[C@@H]1C[C@@H](CO)O[C@H]1n1cc(C)c(=O)[nH]c1=O. The fourth-order valence-electron chi connectivity index (χ4n) is 2.43. The van der Waals surface area contributed by atoms with Gasteiger partial charge in [0.05, 0.1) is 12.7 Å². The summed E-state index contributed by atoms with van der Waals surface area (Å²) in [7, 11) is 0. The van der Waals surface area contributed by atoms with E-state index in [0.29, 0.717) is 18.4 Å². The van der Waals surface area contributed by atoms with Crippen molar-refractivity contribution >= 4 is 0 Å². The molecule has 0 aromatic carbocycles. The van der Waals surface area contributed by atoms with E-state index >= 15 is 0 Å². The molecule has 19 heavy (non-hydrogen) atoms. The Kier molecular flexibility index (Phi) is 4.01. The largest absolute Gasteiger partial charge is 0.394 e. The zero-order chi connectivity index (χ0) is 14.0. The van der Waals surface area contributed by atoms with Crippen LogP contribution < -0.4 is 11.2 Å². The van der Waals surface area contributed by atoms with Crippen LogP contribution in [0.15, 0.2) is 28.4 Å². The number of hydrogen-bond acceptors (Lipinski definition) is 4. The predicted octanol–water partition coefficient (Wildman–Crippen LogP) is 0.317. The molecule has 3 atom stereocenters. The van der Waals surface area contributed by atoms with Gasteiger partial charge in [-0.3, -0.25) is 14.3 Å². The van der Waals surface area contributed by atoms with Crippen LogP contribution in [-0.4, -0.2) is 27.4 Å². The monoisotopic (exact) mass is 266 g/mol. The molecule has 1 saturated heterocycles. The molecule has 0 spiro atoms. The molecular formula is C13H18N2O4. The number of aryl methyl sites for hydroxylation is 1. The maximum absolute atomic E-state index is 11.9. The molecule has 0 aliphatic carbocycles. The zero-order valence-corrected chi connectivity index (χ0v) is 10.8. The Morgan fingerprint density at radius 3 is 3.00 bits per heavy atom. The van der Waals surface area contributed by atoms with Crippen LogP contribution in [0, 0.1) is 12.8 Å². The van der Waals surface area contributed by atoms with Crippen LogP contribution in [-0.2, 0) is 4.74 Å². The number of aromatic amines is 1. The summed E-state index contributed by atoms with van der Waals surface area (Å²) in [5.41, 5.74) is -0.431. The Hall–Kier alpha value is -1.66. The second kappa shape index (κ2) is 5.54. The van der Waals surface area contributed by atoms with E-state index in [1.807, 2.05) is 0 Å². The highest BCUT2D eigenvalue weighted by Gasteiger charge is 2.35. The topological polar surface area (TPSA) is 84.3 Å². The second-order valence-corrected chi connectivity index (χ2v) is 4.83. The number of allylic oxidation sites excluding steroid dienone is 1. The average molecular weight is 266 g/mol. The molecule has 2 heterocycles. The van der Waals surface area contributed by atoms with Gasteiger partial charge < -0.3 is 9.84 Å². The van der Waals surface area contributed by atoms with Gasteiger partial charge in [-0.2, -0.15) is 0 Å². The van der Waals surface area contributed by atoms with Gasteiger partial charge in [0.2, 0.25) is 0 Å². The lowest BCUT2D eigenvalue weighted by molar-refractivity contribution is -0.0352. The number of H-pyrrole nitrogens is 1. The Morgan fingerprint density at radius 2 is 2.37 bits per heavy atom. The van der Waals surface area contributed by atoms with E-state index < -0.39 is 17.5 Å². The van der Waals surface area contributed by atoms with E-state index in [0.717, 1.165) is 0 Å². The summed E-state index contributed by atoms with van der Waals surface area (Å²) < 4.78 is 7.07. The minimum absolute atomic E-state index is 0.0673. The first-order valence-corrected chi connectivity index (χ1v) is 6.26. The average Bonchev–Trinajstić information content (AvgIpc) is 2.77. The van der Waals surface area contributed by atoms with Crippen molar-refractivity contribution in [3.05, 3.63) is 45.3 Å². The maximum atomic E-state index is 11.9. The number of nitrogens with one attached hydrogen (secondary N) is 1. The predicted molar refractivity (Wildman–Crippen MR) is 70.0 cm³/mol. The maximum Gasteiger partial charge on any atom is 0.330 e. The molecule has 0 amide bonds. The van der Waals surface area contributed by atoms with Crippen molar-refractivity contribution in [2.45, 2.75) is 32.1 Å². The van der Waals surface area contributed by atoms with Gasteiger partial charge in [0.1, 0.15) is 6.23 Å². The molecule has 2 N–H and O–H groups in total. The summed E-state index contributed by atoms with van der Waals surface area (Å²) in [6.07, 6.45) is 3.86. The number of aromatic nitrogens is 2. The van der Waals surface area contributed by atoms with E-state index in [1.165, 1.54) is 10.8 Å². The standard InChI is InChI=1S/C13H18N2O4/c1-3-4-9-5-10(7-16)19-12(9)15-6-8(2)11(17)14-13(15)18/h3,6,9-10,12,16H,1,4-5,7H2,2H3,(H,14,17,18)/t9-,10+,12-/m1/s1. The van der Waals surface area contributed by atoms with E-state index in [4.69, 9.17) is 4.74 Å². The molecule has 1 aliphatic rings. The van der Waals surface area contributed by atoms with Crippen molar-refractivity contribution in [2.24, 2.45) is 5.92 Å². The fraction of sp³-hybridized carbons (Fsp3) is 0.538. The third-order valence-electron chi connectivity index (χ3n) is 3.39. The fourth-order valence-corrected chi connectivity index (χ4v) is 2.43. The quantitative estimate of drug-likeness (QED) is 0.769. The van der Waals surface area contributed by atoms with Crippen LogP contribution in [0.2, 0.25) is 0 Å². The lowest BCUT2D eigenvalue weighted by Crippen LogP contribution is -2.35. The van der Waals surface area contributed by atoms with E-state index in [1.54, 1.807) is 13.0 Å². The summed E-state index contributed by atoms with van der Waals surface area (Å²) in [5, 5.41) is 9.19. The van der Waals surface area contributed by atoms with Crippen LogP contribution in [0.3, 0.4) is 0 Å². The van der Waals surface area contributed by atoms with Gasteiger partial charge in [-0.05, 0) is 19.8 Å². The van der Waals surface area contributed by atoms with Crippen molar-refractivity contribution in [2.75, 3.05) is 6.61 Å². The van der Waals surface area contributed by atoms with Gasteiger partial charge in [-0.15, -0.1) is 6.58 Å². The van der Waals surface area contributed by atoms with Crippen LogP contribution in [0.1, 0.15) is 24.6 Å². The lowest BCUT2D eigenvalue weighted by atomic mass is 9.99. The first kappa shape index (κ1) is 13.8. The molecule has 1 aromatic heterocycles. The number of ether oxygens (including phenoxy) is 1. The molecule has 1 fully saturated rings. The highest BCUT2D eigenvalue weighted by molar-refractivity contribution is 5.02. The minimum atomic E-state index is -0.492. The summed E-state index contributed by atoms with van der Waals surface area (Å²) in [4.78, 5) is 25.5. The van der Waals surface area contributed by atoms with Crippen LogP contribution in [0.5, 0.6) is 0 Å².